The van der Waals surface area contributed by atoms with E-state index in [9.17, 15) is 9.59 Å². The van der Waals surface area contributed by atoms with Crippen LogP contribution in [0.25, 0.3) is 0 Å². The van der Waals surface area contributed by atoms with E-state index < -0.39 is 0 Å². The first-order valence-electron chi connectivity index (χ1n) is 12.1. The SMILES string of the molecule is CC(C)CCN1C(=O)c2ccccc2C1Nc1ccc(C(=O)N2CCc3ccccc3C2)cc1. The Balaban J connectivity index is 1.31. The fourth-order valence-corrected chi connectivity index (χ4v) is 4.87. The van der Waals surface area contributed by atoms with Gasteiger partial charge in [-0.2, -0.15) is 0 Å². The van der Waals surface area contributed by atoms with E-state index in [1.54, 1.807) is 0 Å². The van der Waals surface area contributed by atoms with Gasteiger partial charge in [0.15, 0.2) is 0 Å². The van der Waals surface area contributed by atoms with Crippen molar-refractivity contribution in [3.8, 4) is 0 Å². The van der Waals surface area contributed by atoms with Crippen molar-refractivity contribution in [1.29, 1.82) is 0 Å². The molecular weight excluding hydrogens is 422 g/mol. The van der Waals surface area contributed by atoms with Gasteiger partial charge in [-0.25, -0.2) is 0 Å². The summed E-state index contributed by atoms with van der Waals surface area (Å²) in [6, 6.07) is 23.8. The van der Waals surface area contributed by atoms with Crippen molar-refractivity contribution in [2.75, 3.05) is 18.4 Å². The molecule has 174 valence electrons. The van der Waals surface area contributed by atoms with E-state index in [1.807, 2.05) is 64.4 Å². The van der Waals surface area contributed by atoms with Gasteiger partial charge in [0.25, 0.3) is 11.8 Å². The molecule has 0 aliphatic carbocycles. The van der Waals surface area contributed by atoms with Crippen molar-refractivity contribution in [3.63, 3.8) is 0 Å². The van der Waals surface area contributed by atoms with E-state index in [0.717, 1.165) is 36.2 Å². The van der Waals surface area contributed by atoms with Crippen molar-refractivity contribution in [2.24, 2.45) is 5.92 Å². The second kappa shape index (κ2) is 9.34. The zero-order chi connectivity index (χ0) is 23.7. The van der Waals surface area contributed by atoms with Crippen LogP contribution in [-0.4, -0.2) is 34.7 Å². The Hall–Kier alpha value is -3.60. The number of nitrogens with zero attached hydrogens (tertiary/aromatic N) is 2. The van der Waals surface area contributed by atoms with Crippen LogP contribution in [0.3, 0.4) is 0 Å². The Morgan fingerprint density at radius 1 is 0.971 bits per heavy atom. The predicted molar refractivity (Wildman–Crippen MR) is 135 cm³/mol. The van der Waals surface area contributed by atoms with Crippen LogP contribution in [0.1, 0.15) is 63.8 Å². The summed E-state index contributed by atoms with van der Waals surface area (Å²) in [4.78, 5) is 30.0. The second-order valence-corrected chi connectivity index (χ2v) is 9.64. The topological polar surface area (TPSA) is 52.7 Å². The van der Waals surface area contributed by atoms with Crippen molar-refractivity contribution < 1.29 is 9.59 Å². The number of rotatable bonds is 6. The molecule has 1 N–H and O–H groups in total. The standard InChI is InChI=1S/C29H31N3O2/c1-20(2)15-18-32-27(25-9-5-6-10-26(25)29(32)34)30-24-13-11-22(12-14-24)28(33)31-17-16-21-7-3-4-8-23(21)19-31/h3-14,20,27,30H,15-19H2,1-2H3. The van der Waals surface area contributed by atoms with Crippen LogP contribution >= 0.6 is 0 Å². The van der Waals surface area contributed by atoms with Gasteiger partial charge in [0.1, 0.15) is 6.17 Å². The van der Waals surface area contributed by atoms with Crippen molar-refractivity contribution >= 4 is 17.5 Å². The van der Waals surface area contributed by atoms with Gasteiger partial charge in [0.2, 0.25) is 0 Å². The molecule has 2 aliphatic heterocycles. The van der Waals surface area contributed by atoms with Gasteiger partial charge in [-0.15, -0.1) is 0 Å². The van der Waals surface area contributed by atoms with Gasteiger partial charge < -0.3 is 15.1 Å². The first kappa shape index (κ1) is 22.2. The van der Waals surface area contributed by atoms with E-state index in [0.29, 0.717) is 24.6 Å². The lowest BCUT2D eigenvalue weighted by Gasteiger charge is -2.29. The molecule has 0 saturated heterocycles. The fraction of sp³-hybridized carbons (Fsp3) is 0.310. The number of carbonyl (C=O) groups excluding carboxylic acids is 2. The molecule has 3 aromatic rings. The van der Waals surface area contributed by atoms with Gasteiger partial charge in [0.05, 0.1) is 0 Å². The van der Waals surface area contributed by atoms with E-state index in [1.165, 1.54) is 11.1 Å². The monoisotopic (exact) mass is 453 g/mol. The van der Waals surface area contributed by atoms with Crippen molar-refractivity contribution in [1.82, 2.24) is 9.80 Å². The summed E-state index contributed by atoms with van der Waals surface area (Å²) in [6.45, 7) is 6.44. The molecule has 5 nitrogen and oxygen atoms in total. The number of nitrogens with one attached hydrogen (secondary N) is 1. The van der Waals surface area contributed by atoms with Crippen LogP contribution in [0, 0.1) is 5.92 Å². The number of benzene rings is 3. The lowest BCUT2D eigenvalue weighted by Crippen LogP contribution is -2.36. The zero-order valence-electron chi connectivity index (χ0n) is 19.8. The largest absolute Gasteiger partial charge is 0.361 e. The van der Waals surface area contributed by atoms with Crippen LogP contribution in [-0.2, 0) is 13.0 Å². The summed E-state index contributed by atoms with van der Waals surface area (Å²) >= 11 is 0. The first-order valence-corrected chi connectivity index (χ1v) is 12.1. The molecule has 34 heavy (non-hydrogen) atoms. The van der Waals surface area contributed by atoms with Crippen molar-refractivity contribution in [3.05, 3.63) is 101 Å². The Labute approximate surface area is 201 Å². The molecule has 3 aromatic carbocycles. The highest BCUT2D eigenvalue weighted by Gasteiger charge is 2.36. The Morgan fingerprint density at radius 2 is 1.68 bits per heavy atom. The average molecular weight is 454 g/mol. The summed E-state index contributed by atoms with van der Waals surface area (Å²) < 4.78 is 0. The van der Waals surface area contributed by atoms with Crippen LogP contribution < -0.4 is 5.32 Å². The Kier molecular flexibility index (Phi) is 6.10. The number of amides is 2. The molecular formula is C29H31N3O2. The number of carbonyl (C=O) groups is 2. The van der Waals surface area contributed by atoms with Gasteiger partial charge in [-0.1, -0.05) is 56.3 Å². The Morgan fingerprint density at radius 3 is 2.44 bits per heavy atom. The third kappa shape index (κ3) is 4.30. The van der Waals surface area contributed by atoms with Crippen LogP contribution in [0.4, 0.5) is 5.69 Å². The molecule has 0 saturated carbocycles. The van der Waals surface area contributed by atoms with Gasteiger partial charge >= 0.3 is 0 Å². The molecule has 2 heterocycles. The summed E-state index contributed by atoms with van der Waals surface area (Å²) in [5, 5.41) is 3.54. The van der Waals surface area contributed by atoms with Gasteiger partial charge in [-0.3, -0.25) is 9.59 Å². The minimum atomic E-state index is -0.206. The molecule has 5 rings (SSSR count). The number of hydrogen-bond acceptors (Lipinski definition) is 3. The third-order valence-electron chi connectivity index (χ3n) is 6.86. The maximum Gasteiger partial charge on any atom is 0.256 e. The maximum atomic E-state index is 13.1. The molecule has 0 radical (unpaired) electrons. The summed E-state index contributed by atoms with van der Waals surface area (Å²) in [6.07, 6.45) is 1.63. The smallest absolute Gasteiger partial charge is 0.256 e. The molecule has 2 amide bonds. The molecule has 0 fully saturated rings. The van der Waals surface area contributed by atoms with Crippen LogP contribution in [0.2, 0.25) is 0 Å². The van der Waals surface area contributed by atoms with Gasteiger partial charge in [0, 0.05) is 42.0 Å². The molecule has 1 atom stereocenters. The predicted octanol–water partition coefficient (Wildman–Crippen LogP) is 5.50. The minimum Gasteiger partial charge on any atom is -0.361 e. The Bertz CT molecular complexity index is 1200. The van der Waals surface area contributed by atoms with E-state index >= 15 is 0 Å². The summed E-state index contributed by atoms with van der Waals surface area (Å²) in [5.74, 6) is 0.649. The van der Waals surface area contributed by atoms with Gasteiger partial charge in [-0.05, 0) is 60.2 Å². The van der Waals surface area contributed by atoms with Crippen molar-refractivity contribution in [2.45, 2.75) is 39.4 Å². The number of anilines is 1. The zero-order valence-corrected chi connectivity index (χ0v) is 19.8. The second-order valence-electron chi connectivity index (χ2n) is 9.64. The van der Waals surface area contributed by atoms with E-state index in [2.05, 4.69) is 37.4 Å². The lowest BCUT2D eigenvalue weighted by atomic mass is 9.99. The molecule has 1 unspecified atom stereocenters. The summed E-state index contributed by atoms with van der Waals surface area (Å²) in [7, 11) is 0. The molecule has 5 heteroatoms. The van der Waals surface area contributed by atoms with E-state index in [4.69, 9.17) is 0 Å². The van der Waals surface area contributed by atoms with Crippen LogP contribution in [0.15, 0.2) is 72.8 Å². The first-order chi connectivity index (χ1) is 16.5. The normalized spacial score (nSPS) is 17.0. The third-order valence-corrected chi connectivity index (χ3v) is 6.86. The summed E-state index contributed by atoms with van der Waals surface area (Å²) in [5.41, 5.74) is 5.91. The maximum absolute atomic E-state index is 13.1. The molecule has 0 spiro atoms. The highest BCUT2D eigenvalue weighted by atomic mass is 16.2. The fourth-order valence-electron chi connectivity index (χ4n) is 4.87. The van der Waals surface area contributed by atoms with E-state index in [-0.39, 0.29) is 18.0 Å². The molecule has 2 aliphatic rings. The number of fused-ring (bicyclic) bond motifs is 2. The lowest BCUT2D eigenvalue weighted by molar-refractivity contribution is 0.0728. The quantitative estimate of drug-likeness (QED) is 0.536. The highest BCUT2D eigenvalue weighted by molar-refractivity contribution is 5.99. The number of hydrogen-bond donors (Lipinski definition) is 1. The van der Waals surface area contributed by atoms with Crippen LogP contribution in [0.5, 0.6) is 0 Å². The minimum absolute atomic E-state index is 0.0565. The molecule has 0 bridgehead atoms. The molecule has 0 aromatic heterocycles. The highest BCUT2D eigenvalue weighted by Crippen LogP contribution is 2.35. The average Bonchev–Trinajstić information content (AvgIpc) is 3.13.